The molecule has 3 fully saturated rings. The topological polar surface area (TPSA) is 175 Å². The molecule has 396 valence electrons. The number of benzene rings is 4. The van der Waals surface area contributed by atoms with Crippen LogP contribution in [0.4, 0.5) is 0 Å². The van der Waals surface area contributed by atoms with Crippen LogP contribution in [0, 0.1) is 11.8 Å². The molecule has 0 radical (unpaired) electrons. The van der Waals surface area contributed by atoms with Gasteiger partial charge in [-0.3, -0.25) is 24.0 Å². The summed E-state index contributed by atoms with van der Waals surface area (Å²) in [5, 5.41) is 12.9. The third-order valence-corrected chi connectivity index (χ3v) is 14.4. The van der Waals surface area contributed by atoms with E-state index in [0.717, 1.165) is 78.0 Å². The molecule has 74 heavy (non-hydrogen) atoms. The molecule has 0 aromatic heterocycles. The van der Waals surface area contributed by atoms with E-state index < -0.39 is 30.1 Å². The quantitative estimate of drug-likeness (QED) is 0.0824. The number of ether oxygens (including phenoxy) is 1. The fraction of sp³-hybridized carbons (Fsp3) is 0.459. The smallest absolute Gasteiger partial charge is 0.248 e. The van der Waals surface area contributed by atoms with E-state index >= 15 is 0 Å². The van der Waals surface area contributed by atoms with Crippen LogP contribution >= 0.6 is 0 Å². The molecule has 3 aliphatic heterocycles. The maximum absolute atomic E-state index is 14.0. The Kier molecular flexibility index (Phi) is 21.3. The molecule has 13 nitrogen and oxygen atoms in total. The standard InChI is InChI=1S/C37H56N6O4.C24H25NO2/c1-7-29-36(46)43-23-25(4)22-32(43)35(45)38-20-12-11-14-26(5)39-33(24(2)3)37(47)42-21-13-17-31(42)27(6)40-30(34(44)41-29)19-18-28-15-9-8-10-16-28;1-2-3-4-17-27-23-15-13-21(14-16-23)19-7-5-18(6-8-19)20-9-11-22(12-10-20)24(25)26/h8-10,15-16,24-25,29-33,39-40H,5-7,11-14,17-23H2,1-4H3,(H,38,45)(H,41,44);5-16H,2-4,17H2,1H3,(H2,25,26)/t25-,29?,30?,31?,32?,33?;/m1./s1. The van der Waals surface area contributed by atoms with E-state index in [0.29, 0.717) is 63.0 Å². The van der Waals surface area contributed by atoms with Gasteiger partial charge in [-0.15, -0.1) is 0 Å². The summed E-state index contributed by atoms with van der Waals surface area (Å²) in [6, 6.07) is 31.2. The minimum Gasteiger partial charge on any atom is -0.494 e. The zero-order chi connectivity index (χ0) is 53.1. The molecular weight excluding hydrogens is 927 g/mol. The largest absolute Gasteiger partial charge is 0.494 e. The first kappa shape index (κ1) is 56.4. The predicted octanol–water partition coefficient (Wildman–Crippen LogP) is 9.33. The number of hydrogen-bond donors (Lipinski definition) is 5. The Labute approximate surface area is 440 Å². The fourth-order valence-electron chi connectivity index (χ4n) is 10.0. The van der Waals surface area contributed by atoms with Gasteiger partial charge in [0.15, 0.2) is 0 Å². The van der Waals surface area contributed by atoms with Crippen LogP contribution < -0.4 is 31.7 Å². The van der Waals surface area contributed by atoms with Crippen LogP contribution in [-0.2, 0) is 25.6 Å². The van der Waals surface area contributed by atoms with Crippen molar-refractivity contribution < 1.29 is 28.7 Å². The Balaban J connectivity index is 0.000000279. The van der Waals surface area contributed by atoms with Crippen LogP contribution in [-0.4, -0.2) is 95.8 Å². The van der Waals surface area contributed by atoms with E-state index in [1.54, 1.807) is 17.0 Å². The lowest BCUT2D eigenvalue weighted by molar-refractivity contribution is -0.141. The highest BCUT2D eigenvalue weighted by atomic mass is 16.5. The SMILES string of the molecule is C=C1CCCCNC(=O)C2C[C@@H](C)CN2C(=O)C(CC)NC(=O)C(CCc2ccccc2)NC(=C)C2CCCN2C(=O)C(C(C)C)N1.CCCCCOc1ccc(-c2ccc(-c3ccc(C(N)=O)cc3)cc2)cc1. The zero-order valence-corrected chi connectivity index (χ0v) is 44.5. The van der Waals surface area contributed by atoms with E-state index in [1.807, 2.05) is 87.2 Å². The monoisotopic (exact) mass is 1010 g/mol. The van der Waals surface area contributed by atoms with Crippen molar-refractivity contribution in [2.24, 2.45) is 17.6 Å². The Bertz CT molecular complexity index is 2490. The number of fused-ring (bicyclic) bond motifs is 2. The number of primary amides is 1. The van der Waals surface area contributed by atoms with Crippen molar-refractivity contribution in [3.05, 3.63) is 139 Å². The lowest BCUT2D eigenvalue weighted by atomic mass is 9.99. The van der Waals surface area contributed by atoms with Gasteiger partial charge < -0.3 is 41.5 Å². The van der Waals surface area contributed by atoms with Crippen molar-refractivity contribution in [1.29, 1.82) is 0 Å². The summed E-state index contributed by atoms with van der Waals surface area (Å²) in [5.74, 6) is 0.0419. The van der Waals surface area contributed by atoms with Gasteiger partial charge in [-0.1, -0.05) is 139 Å². The molecule has 5 unspecified atom stereocenters. The van der Waals surface area contributed by atoms with Gasteiger partial charge >= 0.3 is 0 Å². The second-order valence-corrected chi connectivity index (χ2v) is 20.6. The first-order chi connectivity index (χ1) is 35.7. The Morgan fingerprint density at radius 1 is 0.730 bits per heavy atom. The minimum atomic E-state index is -0.764. The van der Waals surface area contributed by atoms with Gasteiger partial charge in [-0.05, 0) is 128 Å². The number of nitrogens with two attached hydrogens (primary N) is 1. The van der Waals surface area contributed by atoms with Crippen molar-refractivity contribution in [3.63, 3.8) is 0 Å². The molecule has 3 saturated heterocycles. The van der Waals surface area contributed by atoms with Crippen LogP contribution in [0.3, 0.4) is 0 Å². The Morgan fingerprint density at radius 3 is 1.97 bits per heavy atom. The van der Waals surface area contributed by atoms with E-state index in [9.17, 15) is 24.0 Å². The number of hydrogen-bond acceptors (Lipinski definition) is 8. The Hall–Kier alpha value is -6.89. The Morgan fingerprint density at radius 2 is 1.36 bits per heavy atom. The summed E-state index contributed by atoms with van der Waals surface area (Å²) in [6.07, 6.45) is 9.44. The van der Waals surface area contributed by atoms with E-state index in [2.05, 4.69) is 77.7 Å². The van der Waals surface area contributed by atoms with Crippen molar-refractivity contribution >= 4 is 29.5 Å². The third-order valence-electron chi connectivity index (χ3n) is 14.4. The lowest BCUT2D eigenvalue weighted by Gasteiger charge is -2.34. The molecule has 3 aliphatic rings. The number of carbonyl (C=O) groups is 5. The molecule has 0 bridgehead atoms. The van der Waals surface area contributed by atoms with E-state index in [1.165, 1.54) is 12.8 Å². The first-order valence-electron chi connectivity index (χ1n) is 27.0. The molecule has 4 aromatic carbocycles. The highest BCUT2D eigenvalue weighted by molar-refractivity contribution is 5.94. The number of nitrogens with one attached hydrogen (secondary N) is 4. The molecule has 5 amide bonds. The molecule has 4 aromatic rings. The predicted molar refractivity (Wildman–Crippen MR) is 296 cm³/mol. The molecule has 3 heterocycles. The molecule has 0 saturated carbocycles. The molecule has 13 heteroatoms. The van der Waals surface area contributed by atoms with Crippen LogP contribution in [0.15, 0.2) is 128 Å². The van der Waals surface area contributed by atoms with Gasteiger partial charge in [-0.25, -0.2) is 0 Å². The number of allylic oxidation sites excluding steroid dienone is 1. The molecular formula is C61H81N7O6. The minimum absolute atomic E-state index is 0.00139. The van der Waals surface area contributed by atoms with Gasteiger partial charge in [0, 0.05) is 36.6 Å². The van der Waals surface area contributed by atoms with Gasteiger partial charge in [0.05, 0.1) is 12.6 Å². The fourth-order valence-corrected chi connectivity index (χ4v) is 10.0. The molecule has 6 atom stereocenters. The molecule has 6 N–H and O–H groups in total. The summed E-state index contributed by atoms with van der Waals surface area (Å²) >= 11 is 0. The summed E-state index contributed by atoms with van der Waals surface area (Å²) in [7, 11) is 0. The lowest BCUT2D eigenvalue weighted by Crippen LogP contribution is -2.56. The van der Waals surface area contributed by atoms with Crippen molar-refractivity contribution in [1.82, 2.24) is 31.1 Å². The van der Waals surface area contributed by atoms with Gasteiger partial charge in [0.1, 0.15) is 29.9 Å². The maximum atomic E-state index is 14.0. The van der Waals surface area contributed by atoms with Crippen LogP contribution in [0.2, 0.25) is 0 Å². The zero-order valence-electron chi connectivity index (χ0n) is 44.5. The van der Waals surface area contributed by atoms with Gasteiger partial charge in [-0.2, -0.15) is 0 Å². The van der Waals surface area contributed by atoms with Gasteiger partial charge in [0.25, 0.3) is 0 Å². The normalized spacial score (nSPS) is 22.2. The second-order valence-electron chi connectivity index (χ2n) is 20.6. The highest BCUT2D eigenvalue weighted by Gasteiger charge is 2.41. The van der Waals surface area contributed by atoms with Crippen LogP contribution in [0.5, 0.6) is 5.75 Å². The summed E-state index contributed by atoms with van der Waals surface area (Å²) < 4.78 is 5.77. The number of nitrogens with zero attached hydrogens (tertiary/aromatic N) is 2. The van der Waals surface area contributed by atoms with Crippen molar-refractivity contribution in [2.45, 2.75) is 142 Å². The van der Waals surface area contributed by atoms with Gasteiger partial charge in [0.2, 0.25) is 29.5 Å². The average Bonchev–Trinajstić information content (AvgIpc) is 4.07. The van der Waals surface area contributed by atoms with Crippen molar-refractivity contribution in [2.75, 3.05) is 26.2 Å². The van der Waals surface area contributed by atoms with E-state index in [-0.39, 0.29) is 41.5 Å². The van der Waals surface area contributed by atoms with Crippen LogP contribution in [0.25, 0.3) is 22.3 Å². The number of aryl methyl sites for hydroxylation is 1. The average molecular weight is 1010 g/mol. The number of carbonyl (C=O) groups excluding carboxylic acids is 5. The summed E-state index contributed by atoms with van der Waals surface area (Å²) in [5.41, 5.74) is 12.8. The first-order valence-corrected chi connectivity index (χ1v) is 27.0. The van der Waals surface area contributed by atoms with Crippen molar-refractivity contribution in [3.8, 4) is 28.0 Å². The maximum Gasteiger partial charge on any atom is 0.248 e. The number of amides is 5. The van der Waals surface area contributed by atoms with Crippen LogP contribution in [0.1, 0.15) is 121 Å². The number of unbranched alkanes of at least 4 members (excludes halogenated alkanes) is 2. The summed E-state index contributed by atoms with van der Waals surface area (Å²) in [6.45, 7) is 21.1. The summed E-state index contributed by atoms with van der Waals surface area (Å²) in [4.78, 5) is 69.9. The molecule has 0 aliphatic carbocycles. The third kappa shape index (κ3) is 15.8. The van der Waals surface area contributed by atoms with E-state index in [4.69, 9.17) is 10.5 Å². The number of rotatable bonds is 13. The molecule has 7 rings (SSSR count). The second kappa shape index (κ2) is 28.0. The highest BCUT2D eigenvalue weighted by Crippen LogP contribution is 2.29. The molecule has 0 spiro atoms.